The number of aliphatic hydroxyl groups is 1. The predicted molar refractivity (Wildman–Crippen MR) is 50.5 cm³/mol. The van der Waals surface area contributed by atoms with Gasteiger partial charge in [-0.3, -0.25) is 9.97 Å². The lowest BCUT2D eigenvalue weighted by Crippen LogP contribution is -2.08. The van der Waals surface area contributed by atoms with E-state index >= 15 is 0 Å². The largest absolute Gasteiger partial charge is 0.387 e. The molecule has 1 N–H and O–H groups in total. The minimum absolute atomic E-state index is 0.465. The fourth-order valence-corrected chi connectivity index (χ4v) is 1.69. The molecule has 1 aromatic rings. The van der Waals surface area contributed by atoms with Crippen LogP contribution in [-0.2, 0) is 4.74 Å². The summed E-state index contributed by atoms with van der Waals surface area (Å²) < 4.78 is 5.25. The van der Waals surface area contributed by atoms with Gasteiger partial charge >= 0.3 is 0 Å². The summed E-state index contributed by atoms with van der Waals surface area (Å²) in [5, 5.41) is 9.82. The highest BCUT2D eigenvalue weighted by atomic mass is 16.5. The number of ether oxygens (including phenoxy) is 1. The molecule has 1 fully saturated rings. The molecule has 1 aliphatic heterocycles. The minimum atomic E-state index is -0.504. The molecule has 0 spiro atoms. The van der Waals surface area contributed by atoms with Crippen molar-refractivity contribution in [2.45, 2.75) is 18.9 Å². The smallest absolute Gasteiger partial charge is 0.0978 e. The molecule has 4 heteroatoms. The second kappa shape index (κ2) is 4.48. The summed E-state index contributed by atoms with van der Waals surface area (Å²) in [7, 11) is 0. The lowest BCUT2D eigenvalue weighted by molar-refractivity contribution is 0.126. The van der Waals surface area contributed by atoms with Gasteiger partial charge in [-0.05, 0) is 18.8 Å². The molecular formula is C10H14N2O2. The van der Waals surface area contributed by atoms with Gasteiger partial charge < -0.3 is 9.84 Å². The van der Waals surface area contributed by atoms with Crippen LogP contribution in [0.5, 0.6) is 0 Å². The van der Waals surface area contributed by atoms with Crippen LogP contribution in [0.25, 0.3) is 0 Å². The van der Waals surface area contributed by atoms with Crippen LogP contribution < -0.4 is 0 Å². The number of rotatable bonds is 3. The summed E-state index contributed by atoms with van der Waals surface area (Å²) in [5.74, 6) is 0.465. The zero-order valence-electron chi connectivity index (χ0n) is 7.97. The maximum atomic E-state index is 9.82. The third-order valence-corrected chi connectivity index (χ3v) is 2.51. The van der Waals surface area contributed by atoms with E-state index in [1.165, 1.54) is 0 Å². The Morgan fingerprint density at radius 1 is 1.57 bits per heavy atom. The van der Waals surface area contributed by atoms with Crippen LogP contribution in [0.3, 0.4) is 0 Å². The van der Waals surface area contributed by atoms with Crippen molar-refractivity contribution >= 4 is 0 Å². The fourth-order valence-electron chi connectivity index (χ4n) is 1.69. The lowest BCUT2D eigenvalue weighted by atomic mass is 9.99. The second-order valence-corrected chi connectivity index (χ2v) is 3.61. The summed E-state index contributed by atoms with van der Waals surface area (Å²) >= 11 is 0. The maximum absolute atomic E-state index is 9.82. The van der Waals surface area contributed by atoms with Gasteiger partial charge in [-0.2, -0.15) is 0 Å². The van der Waals surface area contributed by atoms with Crippen molar-refractivity contribution in [2.75, 3.05) is 13.2 Å². The van der Waals surface area contributed by atoms with Gasteiger partial charge in [-0.25, -0.2) is 0 Å². The highest BCUT2D eigenvalue weighted by molar-refractivity contribution is 4.99. The highest BCUT2D eigenvalue weighted by Gasteiger charge is 2.20. The van der Waals surface area contributed by atoms with E-state index in [0.717, 1.165) is 26.1 Å². The van der Waals surface area contributed by atoms with Crippen molar-refractivity contribution in [1.82, 2.24) is 9.97 Å². The van der Waals surface area contributed by atoms with E-state index in [9.17, 15) is 5.11 Å². The van der Waals surface area contributed by atoms with Gasteiger partial charge in [0.25, 0.3) is 0 Å². The predicted octanol–water partition coefficient (Wildman–Crippen LogP) is 0.937. The zero-order valence-corrected chi connectivity index (χ0v) is 7.97. The molecule has 1 aromatic heterocycles. The van der Waals surface area contributed by atoms with Crippen molar-refractivity contribution in [1.29, 1.82) is 0 Å². The average molecular weight is 194 g/mol. The molecule has 2 unspecified atom stereocenters. The van der Waals surface area contributed by atoms with Crippen LogP contribution in [0.2, 0.25) is 0 Å². The first-order valence-electron chi connectivity index (χ1n) is 4.88. The molecule has 0 aliphatic carbocycles. The molecule has 76 valence electrons. The van der Waals surface area contributed by atoms with E-state index < -0.39 is 6.10 Å². The number of aromatic nitrogens is 2. The highest BCUT2D eigenvalue weighted by Crippen LogP contribution is 2.24. The van der Waals surface area contributed by atoms with E-state index in [4.69, 9.17) is 4.74 Å². The van der Waals surface area contributed by atoms with Gasteiger partial charge in [-0.15, -0.1) is 0 Å². The number of hydrogen-bond donors (Lipinski definition) is 1. The fraction of sp³-hybridized carbons (Fsp3) is 0.600. The van der Waals surface area contributed by atoms with Crippen molar-refractivity contribution in [3.63, 3.8) is 0 Å². The molecule has 1 aliphatic rings. The molecule has 0 radical (unpaired) electrons. The maximum Gasteiger partial charge on any atom is 0.0978 e. The van der Waals surface area contributed by atoms with Gasteiger partial charge in [0.15, 0.2) is 0 Å². The SMILES string of the molecule is OC(CC1CCOC1)c1cnccn1. The average Bonchev–Trinajstić information content (AvgIpc) is 2.72. The van der Waals surface area contributed by atoms with Crippen molar-refractivity contribution in [2.24, 2.45) is 5.92 Å². The Hall–Kier alpha value is -1.00. The standard InChI is InChI=1S/C10H14N2O2/c13-10(5-8-1-4-14-7-8)9-6-11-2-3-12-9/h2-3,6,8,10,13H,1,4-5,7H2. The summed E-state index contributed by atoms with van der Waals surface area (Å²) in [6.45, 7) is 1.58. The van der Waals surface area contributed by atoms with Gasteiger partial charge in [0, 0.05) is 25.6 Å². The van der Waals surface area contributed by atoms with Crippen LogP contribution in [0.4, 0.5) is 0 Å². The minimum Gasteiger partial charge on any atom is -0.387 e. The summed E-state index contributed by atoms with van der Waals surface area (Å²) in [6.07, 6.45) is 6.07. The lowest BCUT2D eigenvalue weighted by Gasteiger charge is -2.12. The van der Waals surface area contributed by atoms with Crippen molar-refractivity contribution < 1.29 is 9.84 Å². The molecule has 1 saturated heterocycles. The van der Waals surface area contributed by atoms with E-state index in [0.29, 0.717) is 11.6 Å². The molecule has 2 rings (SSSR count). The Morgan fingerprint density at radius 2 is 2.50 bits per heavy atom. The molecule has 0 aromatic carbocycles. The summed E-state index contributed by atoms with van der Waals surface area (Å²) in [4.78, 5) is 7.99. The summed E-state index contributed by atoms with van der Waals surface area (Å²) in [5.41, 5.74) is 0.652. The monoisotopic (exact) mass is 194 g/mol. The molecular weight excluding hydrogens is 180 g/mol. The molecule has 0 bridgehead atoms. The number of aliphatic hydroxyl groups excluding tert-OH is 1. The normalized spacial score (nSPS) is 23.6. The molecule has 2 heterocycles. The first-order valence-corrected chi connectivity index (χ1v) is 4.88. The Bertz CT molecular complexity index is 273. The van der Waals surface area contributed by atoms with Gasteiger partial charge in [0.2, 0.25) is 0 Å². The van der Waals surface area contributed by atoms with Crippen LogP contribution >= 0.6 is 0 Å². The van der Waals surface area contributed by atoms with Crippen molar-refractivity contribution in [3.05, 3.63) is 24.3 Å². The topological polar surface area (TPSA) is 55.2 Å². The third-order valence-electron chi connectivity index (χ3n) is 2.51. The Balaban J connectivity index is 1.92. The van der Waals surface area contributed by atoms with Crippen LogP contribution in [0, 0.1) is 5.92 Å². The van der Waals surface area contributed by atoms with Crippen LogP contribution in [-0.4, -0.2) is 28.3 Å². The quantitative estimate of drug-likeness (QED) is 0.778. The summed E-state index contributed by atoms with van der Waals surface area (Å²) in [6, 6.07) is 0. The Kier molecular flexibility index (Phi) is 3.06. The van der Waals surface area contributed by atoms with Crippen molar-refractivity contribution in [3.8, 4) is 0 Å². The van der Waals surface area contributed by atoms with E-state index in [2.05, 4.69) is 9.97 Å². The zero-order chi connectivity index (χ0) is 9.80. The first-order chi connectivity index (χ1) is 6.86. The van der Waals surface area contributed by atoms with Gasteiger partial charge in [0.1, 0.15) is 0 Å². The molecule has 4 nitrogen and oxygen atoms in total. The van der Waals surface area contributed by atoms with Crippen LogP contribution in [0.15, 0.2) is 18.6 Å². The third kappa shape index (κ3) is 2.27. The Morgan fingerprint density at radius 3 is 3.14 bits per heavy atom. The number of nitrogens with zero attached hydrogens (tertiary/aromatic N) is 2. The van der Waals surface area contributed by atoms with E-state index in [1.807, 2.05) is 0 Å². The van der Waals surface area contributed by atoms with E-state index in [1.54, 1.807) is 18.6 Å². The molecule has 0 amide bonds. The molecule has 2 atom stereocenters. The van der Waals surface area contributed by atoms with Gasteiger partial charge in [-0.1, -0.05) is 0 Å². The second-order valence-electron chi connectivity index (χ2n) is 3.61. The van der Waals surface area contributed by atoms with E-state index in [-0.39, 0.29) is 0 Å². The Labute approximate surface area is 83.0 Å². The molecule has 0 saturated carbocycles. The number of hydrogen-bond acceptors (Lipinski definition) is 4. The molecule has 14 heavy (non-hydrogen) atoms. The van der Waals surface area contributed by atoms with Gasteiger partial charge in [0.05, 0.1) is 18.0 Å². The van der Waals surface area contributed by atoms with Crippen LogP contribution in [0.1, 0.15) is 24.6 Å². The first kappa shape index (κ1) is 9.55.